The Labute approximate surface area is 135 Å². The van der Waals surface area contributed by atoms with Gasteiger partial charge in [0.05, 0.1) is 16.6 Å². The summed E-state index contributed by atoms with van der Waals surface area (Å²) in [6.07, 6.45) is -2.13. The minimum Gasteiger partial charge on any atom is -0.393 e. The van der Waals surface area contributed by atoms with Crippen LogP contribution in [0.3, 0.4) is 0 Å². The minimum absolute atomic E-state index is 0.123. The Morgan fingerprint density at radius 1 is 1.33 bits per heavy atom. The molecule has 1 amide bonds. The Bertz CT molecular complexity index is 634. The van der Waals surface area contributed by atoms with E-state index in [2.05, 4.69) is 5.32 Å². The highest BCUT2D eigenvalue weighted by molar-refractivity contribution is 5.98. The quantitative estimate of drug-likeness (QED) is 0.648. The number of alkyl halides is 3. The van der Waals surface area contributed by atoms with Gasteiger partial charge < -0.3 is 10.4 Å². The molecule has 9 heteroatoms. The van der Waals surface area contributed by atoms with Gasteiger partial charge in [0, 0.05) is 18.5 Å². The zero-order chi connectivity index (χ0) is 17.9. The fourth-order valence-electron chi connectivity index (χ4n) is 2.80. The van der Waals surface area contributed by atoms with Crippen molar-refractivity contribution >= 4 is 11.6 Å². The number of carbonyl (C=O) groups is 1. The van der Waals surface area contributed by atoms with E-state index in [0.717, 1.165) is 25.3 Å². The first-order valence-electron chi connectivity index (χ1n) is 7.52. The molecule has 0 radical (unpaired) electrons. The number of hydrogen-bond acceptors (Lipinski definition) is 4. The molecule has 2 N–H and O–H groups in total. The molecule has 2 rings (SSSR count). The summed E-state index contributed by atoms with van der Waals surface area (Å²) in [5, 5.41) is 23.3. The zero-order valence-corrected chi connectivity index (χ0v) is 12.7. The van der Waals surface area contributed by atoms with E-state index in [9.17, 15) is 33.2 Å². The predicted molar refractivity (Wildman–Crippen MR) is 78.4 cm³/mol. The van der Waals surface area contributed by atoms with Gasteiger partial charge in [-0.2, -0.15) is 13.2 Å². The number of rotatable bonds is 4. The van der Waals surface area contributed by atoms with Gasteiger partial charge in [-0.05, 0) is 25.0 Å². The van der Waals surface area contributed by atoms with Crippen LogP contribution in [0.2, 0.25) is 0 Å². The highest BCUT2D eigenvalue weighted by Crippen LogP contribution is 2.33. The summed E-state index contributed by atoms with van der Waals surface area (Å²) >= 11 is 0. The van der Waals surface area contributed by atoms with Gasteiger partial charge in [0.15, 0.2) is 0 Å². The number of halogens is 3. The number of aliphatic hydroxyl groups excluding tert-OH is 1. The molecule has 0 aliphatic heterocycles. The van der Waals surface area contributed by atoms with Crippen LogP contribution in [-0.2, 0) is 6.18 Å². The molecule has 1 aliphatic rings. The number of carbonyl (C=O) groups excluding carboxylic acids is 1. The number of nitro benzene ring substituents is 1. The molecular weight excluding hydrogens is 329 g/mol. The highest BCUT2D eigenvalue weighted by atomic mass is 19.4. The molecule has 1 aromatic rings. The molecule has 6 nitrogen and oxygen atoms in total. The molecule has 1 saturated carbocycles. The first kappa shape index (κ1) is 18.2. The van der Waals surface area contributed by atoms with Gasteiger partial charge in [-0.1, -0.05) is 12.8 Å². The van der Waals surface area contributed by atoms with Crippen LogP contribution in [-0.4, -0.2) is 28.6 Å². The molecule has 1 aromatic carbocycles. The Morgan fingerprint density at radius 3 is 2.58 bits per heavy atom. The van der Waals surface area contributed by atoms with Gasteiger partial charge in [0.2, 0.25) is 0 Å². The lowest BCUT2D eigenvalue weighted by Gasteiger charge is -2.27. The Balaban J connectivity index is 2.15. The van der Waals surface area contributed by atoms with E-state index < -0.39 is 39.9 Å². The molecule has 0 spiro atoms. The molecule has 24 heavy (non-hydrogen) atoms. The fraction of sp³-hybridized carbons (Fsp3) is 0.533. The van der Waals surface area contributed by atoms with E-state index in [1.807, 2.05) is 0 Å². The van der Waals surface area contributed by atoms with E-state index in [1.165, 1.54) is 0 Å². The SMILES string of the molecule is O=C(NC[C@@H]1CCCC[C@@H]1O)c1ccc(C(F)(F)F)cc1[N+](=O)[O-]. The third kappa shape index (κ3) is 4.22. The van der Waals surface area contributed by atoms with Crippen LogP contribution < -0.4 is 5.32 Å². The molecule has 0 bridgehead atoms. The van der Waals surface area contributed by atoms with Crippen LogP contribution in [0, 0.1) is 16.0 Å². The standard InChI is InChI=1S/C15H17F3N2O4/c16-15(17,18)10-5-6-11(12(7-10)20(23)24)14(22)19-8-9-3-1-2-4-13(9)21/h5-7,9,13,21H,1-4,8H2,(H,19,22)/t9-,13-/m0/s1. The first-order valence-corrected chi connectivity index (χ1v) is 7.52. The number of nitrogens with one attached hydrogen (secondary N) is 1. The summed E-state index contributed by atoms with van der Waals surface area (Å²) in [4.78, 5) is 22.1. The lowest BCUT2D eigenvalue weighted by atomic mass is 9.86. The second kappa shape index (κ2) is 7.16. The van der Waals surface area contributed by atoms with Crippen molar-refractivity contribution in [1.29, 1.82) is 0 Å². The van der Waals surface area contributed by atoms with E-state index in [0.29, 0.717) is 18.6 Å². The minimum atomic E-state index is -4.73. The lowest BCUT2D eigenvalue weighted by molar-refractivity contribution is -0.385. The summed E-state index contributed by atoms with van der Waals surface area (Å²) < 4.78 is 37.9. The van der Waals surface area contributed by atoms with Gasteiger partial charge in [-0.25, -0.2) is 0 Å². The van der Waals surface area contributed by atoms with Crippen LogP contribution in [0.15, 0.2) is 18.2 Å². The first-order chi connectivity index (χ1) is 11.2. The predicted octanol–water partition coefficient (Wildman–Crippen LogP) is 2.89. The number of nitrogens with zero attached hydrogens (tertiary/aromatic N) is 1. The van der Waals surface area contributed by atoms with Crippen molar-refractivity contribution in [2.45, 2.75) is 38.0 Å². The average molecular weight is 346 g/mol. The Kier molecular flexibility index (Phi) is 5.43. The molecule has 0 heterocycles. The van der Waals surface area contributed by atoms with Crippen molar-refractivity contribution in [3.05, 3.63) is 39.4 Å². The van der Waals surface area contributed by atoms with E-state index in [4.69, 9.17) is 0 Å². The molecule has 0 saturated heterocycles. The third-order valence-corrected chi connectivity index (χ3v) is 4.16. The van der Waals surface area contributed by atoms with E-state index in [1.54, 1.807) is 0 Å². The fourth-order valence-corrected chi connectivity index (χ4v) is 2.80. The summed E-state index contributed by atoms with van der Waals surface area (Å²) in [5.74, 6) is -0.982. The summed E-state index contributed by atoms with van der Waals surface area (Å²) in [6.45, 7) is 0.123. The number of benzene rings is 1. The van der Waals surface area contributed by atoms with Crippen molar-refractivity contribution < 1.29 is 28.0 Å². The molecule has 0 aromatic heterocycles. The largest absolute Gasteiger partial charge is 0.416 e. The van der Waals surface area contributed by atoms with Crippen LogP contribution >= 0.6 is 0 Å². The van der Waals surface area contributed by atoms with Crippen molar-refractivity contribution in [2.24, 2.45) is 5.92 Å². The maximum absolute atomic E-state index is 12.6. The average Bonchev–Trinajstić information content (AvgIpc) is 2.52. The van der Waals surface area contributed by atoms with Gasteiger partial charge in [0.1, 0.15) is 5.56 Å². The van der Waals surface area contributed by atoms with Gasteiger partial charge in [0.25, 0.3) is 11.6 Å². The summed E-state index contributed by atoms with van der Waals surface area (Å²) in [5.41, 5.74) is -2.52. The number of hydrogen-bond donors (Lipinski definition) is 2. The maximum atomic E-state index is 12.6. The molecule has 0 unspecified atom stereocenters. The zero-order valence-electron chi connectivity index (χ0n) is 12.7. The van der Waals surface area contributed by atoms with Crippen LogP contribution in [0.4, 0.5) is 18.9 Å². The van der Waals surface area contributed by atoms with Crippen LogP contribution in [0.5, 0.6) is 0 Å². The summed E-state index contributed by atoms with van der Waals surface area (Å²) in [7, 11) is 0. The Morgan fingerprint density at radius 2 is 2.00 bits per heavy atom. The van der Waals surface area contributed by atoms with Gasteiger partial charge >= 0.3 is 6.18 Å². The second-order valence-electron chi connectivity index (χ2n) is 5.81. The van der Waals surface area contributed by atoms with Gasteiger partial charge in [-0.3, -0.25) is 14.9 Å². The number of amides is 1. The van der Waals surface area contributed by atoms with Crippen molar-refractivity contribution in [3.8, 4) is 0 Å². The molecule has 2 atom stereocenters. The van der Waals surface area contributed by atoms with Crippen LogP contribution in [0.1, 0.15) is 41.6 Å². The summed E-state index contributed by atoms with van der Waals surface area (Å²) in [6, 6.07) is 1.79. The van der Waals surface area contributed by atoms with Crippen molar-refractivity contribution in [2.75, 3.05) is 6.54 Å². The van der Waals surface area contributed by atoms with Crippen molar-refractivity contribution in [3.63, 3.8) is 0 Å². The number of aliphatic hydroxyl groups is 1. The number of nitro groups is 1. The third-order valence-electron chi connectivity index (χ3n) is 4.16. The Hall–Kier alpha value is -2.16. The van der Waals surface area contributed by atoms with E-state index >= 15 is 0 Å². The topological polar surface area (TPSA) is 92.5 Å². The monoisotopic (exact) mass is 346 g/mol. The van der Waals surface area contributed by atoms with E-state index in [-0.39, 0.29) is 12.5 Å². The molecular formula is C15H17F3N2O4. The molecule has 132 valence electrons. The molecule has 1 fully saturated rings. The maximum Gasteiger partial charge on any atom is 0.416 e. The highest BCUT2D eigenvalue weighted by Gasteiger charge is 2.34. The smallest absolute Gasteiger partial charge is 0.393 e. The van der Waals surface area contributed by atoms with Crippen molar-refractivity contribution in [1.82, 2.24) is 5.32 Å². The van der Waals surface area contributed by atoms with Gasteiger partial charge in [-0.15, -0.1) is 0 Å². The molecule has 1 aliphatic carbocycles. The second-order valence-corrected chi connectivity index (χ2v) is 5.81. The lowest BCUT2D eigenvalue weighted by Crippen LogP contribution is -2.36. The normalized spacial score (nSPS) is 21.3. The van der Waals surface area contributed by atoms with Crippen LogP contribution in [0.25, 0.3) is 0 Å².